The second kappa shape index (κ2) is 10.7. The van der Waals surface area contributed by atoms with Crippen LogP contribution in [0.2, 0.25) is 0 Å². The fraction of sp³-hybridized carbons (Fsp3) is 0.409. The highest BCUT2D eigenvalue weighted by Crippen LogP contribution is 2.38. The number of benzene rings is 1. The molecule has 1 aliphatic heterocycles. The average Bonchev–Trinajstić information content (AvgIpc) is 3.22. The number of anilines is 1. The van der Waals surface area contributed by atoms with Gasteiger partial charge in [-0.3, -0.25) is 4.40 Å². The van der Waals surface area contributed by atoms with Crippen molar-refractivity contribution >= 4 is 35.2 Å². The van der Waals surface area contributed by atoms with Crippen molar-refractivity contribution in [2.45, 2.75) is 18.2 Å². The Morgan fingerprint density at radius 2 is 2.00 bits per heavy atom. The van der Waals surface area contributed by atoms with Crippen LogP contribution in [0.1, 0.15) is 13.3 Å². The van der Waals surface area contributed by atoms with Crippen LogP contribution in [-0.2, 0) is 4.74 Å². The highest BCUT2D eigenvalue weighted by Gasteiger charge is 2.19. The van der Waals surface area contributed by atoms with Crippen molar-refractivity contribution in [3.05, 3.63) is 36.4 Å². The first-order chi connectivity index (χ1) is 15.6. The molecule has 172 valence electrons. The van der Waals surface area contributed by atoms with Crippen molar-refractivity contribution in [1.29, 1.82) is 0 Å². The summed E-state index contributed by atoms with van der Waals surface area (Å²) < 4.78 is 38.7. The molecule has 0 atom stereocenters. The summed E-state index contributed by atoms with van der Waals surface area (Å²) in [5, 5.41) is 0. The quantitative estimate of drug-likeness (QED) is 0.342. The number of ether oxygens (including phenoxy) is 3. The molecule has 1 aliphatic rings. The van der Waals surface area contributed by atoms with Gasteiger partial charge in [0.25, 0.3) is 0 Å². The predicted molar refractivity (Wildman–Crippen MR) is 128 cm³/mol. The number of morpholine rings is 1. The fourth-order valence-electron chi connectivity index (χ4n) is 3.46. The van der Waals surface area contributed by atoms with E-state index in [0.29, 0.717) is 24.5 Å². The maximum atomic E-state index is 14.9. The number of aromatic nitrogens is 2. The zero-order valence-corrected chi connectivity index (χ0v) is 20.0. The molecule has 3 heterocycles. The first-order valence-corrected chi connectivity index (χ1v) is 12.2. The van der Waals surface area contributed by atoms with Gasteiger partial charge in [-0.15, -0.1) is 0 Å². The minimum Gasteiger partial charge on any atom is -0.495 e. The summed E-state index contributed by atoms with van der Waals surface area (Å²) in [7, 11) is 3.13. The van der Waals surface area contributed by atoms with Gasteiger partial charge in [-0.05, 0) is 30.5 Å². The zero-order valence-electron chi connectivity index (χ0n) is 18.4. The third-order valence-electron chi connectivity index (χ3n) is 5.02. The van der Waals surface area contributed by atoms with E-state index in [9.17, 15) is 4.39 Å². The van der Waals surface area contributed by atoms with Crippen molar-refractivity contribution in [2.24, 2.45) is 0 Å². The van der Waals surface area contributed by atoms with Crippen molar-refractivity contribution in [3.8, 4) is 22.8 Å². The van der Waals surface area contributed by atoms with Gasteiger partial charge in [0.1, 0.15) is 11.4 Å². The maximum Gasteiger partial charge on any atom is 0.178 e. The van der Waals surface area contributed by atoms with Crippen LogP contribution in [-0.4, -0.2) is 60.0 Å². The van der Waals surface area contributed by atoms with E-state index in [-0.39, 0.29) is 5.75 Å². The van der Waals surface area contributed by atoms with Gasteiger partial charge in [-0.2, -0.15) is 0 Å². The molecule has 0 aliphatic carbocycles. The van der Waals surface area contributed by atoms with Crippen molar-refractivity contribution in [3.63, 3.8) is 0 Å². The van der Waals surface area contributed by atoms with Gasteiger partial charge in [-0.25, -0.2) is 13.7 Å². The number of nitrogens with zero attached hydrogens (tertiary/aromatic N) is 3. The molecule has 32 heavy (non-hydrogen) atoms. The van der Waals surface area contributed by atoms with Crippen molar-refractivity contribution in [2.75, 3.05) is 51.0 Å². The molecule has 0 radical (unpaired) electrons. The number of hydrogen-bond acceptors (Lipinski definition) is 8. The molecule has 4 rings (SSSR count). The minimum absolute atomic E-state index is 0.205. The second-order valence-corrected chi connectivity index (χ2v) is 9.24. The molecule has 0 bridgehead atoms. The fourth-order valence-corrected chi connectivity index (χ4v) is 5.07. The van der Waals surface area contributed by atoms with Gasteiger partial charge in [0, 0.05) is 36.7 Å². The molecule has 1 N–H and O–H groups in total. The van der Waals surface area contributed by atoms with Crippen molar-refractivity contribution < 1.29 is 18.6 Å². The average molecular weight is 479 g/mol. The molecule has 10 heteroatoms. The first-order valence-electron chi connectivity index (χ1n) is 10.5. The lowest BCUT2D eigenvalue weighted by molar-refractivity contribution is 0.0773. The smallest absolute Gasteiger partial charge is 0.178 e. The number of halogens is 1. The molecule has 0 spiro atoms. The highest BCUT2D eigenvalue weighted by molar-refractivity contribution is 8.00. The predicted octanol–water partition coefficient (Wildman–Crippen LogP) is 4.97. The number of fused-ring (bicyclic) bond motifs is 1. The van der Waals surface area contributed by atoms with Crippen LogP contribution >= 0.6 is 23.9 Å². The minimum atomic E-state index is -0.420. The summed E-state index contributed by atoms with van der Waals surface area (Å²) in [5.41, 5.74) is 2.83. The third kappa shape index (κ3) is 4.93. The topological polar surface area (TPSA) is 60.3 Å². The Kier molecular flexibility index (Phi) is 7.67. The Morgan fingerprint density at radius 3 is 2.72 bits per heavy atom. The molecule has 0 unspecified atom stereocenters. The summed E-state index contributed by atoms with van der Waals surface area (Å²) >= 11 is 3.16. The van der Waals surface area contributed by atoms with E-state index < -0.39 is 5.82 Å². The van der Waals surface area contributed by atoms with Crippen LogP contribution in [0.25, 0.3) is 16.9 Å². The van der Waals surface area contributed by atoms with E-state index in [2.05, 4.69) is 20.9 Å². The van der Waals surface area contributed by atoms with Gasteiger partial charge in [0.2, 0.25) is 0 Å². The maximum absolute atomic E-state index is 14.9. The summed E-state index contributed by atoms with van der Waals surface area (Å²) in [6, 6.07) is 5.28. The lowest BCUT2D eigenvalue weighted by Gasteiger charge is -2.25. The Hall–Kier alpha value is -2.14. The molecule has 0 amide bonds. The molecular weight excluding hydrogens is 451 g/mol. The van der Waals surface area contributed by atoms with Gasteiger partial charge in [0.15, 0.2) is 11.6 Å². The second-order valence-electron chi connectivity index (χ2n) is 7.20. The third-order valence-corrected chi connectivity index (χ3v) is 7.13. The van der Waals surface area contributed by atoms with Gasteiger partial charge in [-0.1, -0.05) is 18.9 Å². The lowest BCUT2D eigenvalue weighted by Crippen LogP contribution is -2.30. The molecule has 0 saturated carbocycles. The van der Waals surface area contributed by atoms with E-state index in [4.69, 9.17) is 14.2 Å². The largest absolute Gasteiger partial charge is 0.495 e. The van der Waals surface area contributed by atoms with Crippen LogP contribution in [0.15, 0.2) is 35.5 Å². The number of imidazole rings is 1. The van der Waals surface area contributed by atoms with Crippen LogP contribution < -0.4 is 14.2 Å². The standard InChI is InChI=1S/C22H27FN4O3S2/c1-4-9-31-25-17-11-15(10-16(23)22(17)29-3)18-13-24-21-12-19(28-2)20(14-27(18)21)32-26-5-7-30-8-6-26/h10-14,25H,4-9H2,1-3H3. The van der Waals surface area contributed by atoms with E-state index in [1.807, 2.05) is 22.7 Å². The van der Waals surface area contributed by atoms with Crippen LogP contribution in [0.3, 0.4) is 0 Å². The number of rotatable bonds is 9. The molecule has 7 nitrogen and oxygen atoms in total. The summed E-state index contributed by atoms with van der Waals surface area (Å²) in [6.07, 6.45) is 4.76. The SMILES string of the molecule is CCCSNc1cc(-c2cnc3cc(OC)c(SN4CCOCC4)cn23)cc(F)c1OC. The lowest BCUT2D eigenvalue weighted by atomic mass is 10.1. The van der Waals surface area contributed by atoms with E-state index >= 15 is 0 Å². The van der Waals surface area contributed by atoms with Crippen LogP contribution in [0.5, 0.6) is 11.5 Å². The first kappa shape index (κ1) is 23.0. The van der Waals surface area contributed by atoms with E-state index in [0.717, 1.165) is 47.2 Å². The summed E-state index contributed by atoms with van der Waals surface area (Å²) in [4.78, 5) is 5.49. The van der Waals surface area contributed by atoms with E-state index in [1.165, 1.54) is 25.1 Å². The molecular formula is C22H27FN4O3S2. The van der Waals surface area contributed by atoms with E-state index in [1.54, 1.807) is 25.3 Å². The highest BCUT2D eigenvalue weighted by atomic mass is 32.2. The monoisotopic (exact) mass is 478 g/mol. The Bertz CT molecular complexity index is 1070. The molecule has 1 saturated heterocycles. The van der Waals surface area contributed by atoms with Gasteiger partial charge in [0.05, 0.1) is 49.9 Å². The van der Waals surface area contributed by atoms with Gasteiger partial charge >= 0.3 is 0 Å². The van der Waals surface area contributed by atoms with Crippen molar-refractivity contribution in [1.82, 2.24) is 13.7 Å². The summed E-state index contributed by atoms with van der Waals surface area (Å²) in [5.74, 6) is 1.45. The molecule has 1 fully saturated rings. The normalized spacial score (nSPS) is 14.6. The summed E-state index contributed by atoms with van der Waals surface area (Å²) in [6.45, 7) is 5.21. The number of nitrogens with one attached hydrogen (secondary N) is 1. The number of methoxy groups -OCH3 is 2. The number of pyridine rings is 1. The van der Waals surface area contributed by atoms with Crippen LogP contribution in [0.4, 0.5) is 10.1 Å². The Morgan fingerprint density at radius 1 is 1.19 bits per heavy atom. The Balaban J connectivity index is 1.73. The molecule has 2 aromatic heterocycles. The molecule has 3 aromatic rings. The molecule has 1 aromatic carbocycles. The zero-order chi connectivity index (χ0) is 22.5. The van der Waals surface area contributed by atoms with Crippen LogP contribution in [0, 0.1) is 5.82 Å². The Labute approximate surface area is 195 Å². The van der Waals surface area contributed by atoms with Gasteiger partial charge < -0.3 is 18.9 Å². The number of hydrogen-bond donors (Lipinski definition) is 1.